The zero-order chi connectivity index (χ0) is 20.0. The molecule has 0 radical (unpaired) electrons. The normalized spacial score (nSPS) is 22.7. The van der Waals surface area contributed by atoms with Gasteiger partial charge in [0.1, 0.15) is 17.0 Å². The van der Waals surface area contributed by atoms with Gasteiger partial charge >= 0.3 is 0 Å². The number of hydrogen-bond acceptors (Lipinski definition) is 5. The molecule has 2 aliphatic rings. The lowest BCUT2D eigenvalue weighted by atomic mass is 9.84. The molecule has 3 aromatic rings. The summed E-state index contributed by atoms with van der Waals surface area (Å²) in [5.41, 5.74) is 2.66. The van der Waals surface area contributed by atoms with E-state index < -0.39 is 6.10 Å². The Balaban J connectivity index is 1.53. The molecule has 150 valence electrons. The lowest BCUT2D eigenvalue weighted by molar-refractivity contribution is -0.140. The van der Waals surface area contributed by atoms with Crippen molar-refractivity contribution in [1.29, 1.82) is 5.26 Å². The third-order valence-corrected chi connectivity index (χ3v) is 6.39. The summed E-state index contributed by atoms with van der Waals surface area (Å²) in [5, 5.41) is 19.6. The molecule has 4 heterocycles. The second-order valence-electron chi connectivity index (χ2n) is 8.30. The van der Waals surface area contributed by atoms with Crippen LogP contribution in [0.5, 0.6) is 0 Å². The number of aliphatic hydroxyl groups excluding tert-OH is 1. The summed E-state index contributed by atoms with van der Waals surface area (Å²) in [6, 6.07) is 4.58. The molecule has 2 fully saturated rings. The maximum absolute atomic E-state index is 12.7. The summed E-state index contributed by atoms with van der Waals surface area (Å²) >= 11 is 0. The van der Waals surface area contributed by atoms with Crippen molar-refractivity contribution in [1.82, 2.24) is 24.4 Å². The monoisotopic (exact) mass is 392 g/mol. The number of aliphatic hydroxyl groups is 1. The molecule has 1 saturated carbocycles. The third-order valence-electron chi connectivity index (χ3n) is 6.39. The molecule has 8 nitrogen and oxygen atoms in total. The highest BCUT2D eigenvalue weighted by Crippen LogP contribution is 2.38. The van der Waals surface area contributed by atoms with Gasteiger partial charge in [0, 0.05) is 37.1 Å². The highest BCUT2D eigenvalue weighted by molar-refractivity contribution is 6.01. The number of β-amino-alcohol motifs (C(OH)–C–C–N with tert-alkyl or cyclic N) is 1. The third kappa shape index (κ3) is 3.15. The topological polar surface area (TPSA) is 111 Å². The Morgan fingerprint density at radius 1 is 1.31 bits per heavy atom. The number of hydrogen-bond donors (Lipinski definition) is 2. The van der Waals surface area contributed by atoms with E-state index in [1.807, 2.05) is 12.3 Å². The summed E-state index contributed by atoms with van der Waals surface area (Å²) in [5.74, 6) is 1.24. The smallest absolute Gasteiger partial charge is 0.230 e. The van der Waals surface area contributed by atoms with E-state index in [-0.39, 0.29) is 18.4 Å². The van der Waals surface area contributed by atoms with E-state index in [0.29, 0.717) is 25.4 Å². The molecule has 2 N–H and O–H groups in total. The first-order valence-corrected chi connectivity index (χ1v) is 10.3. The number of rotatable bonds is 4. The number of amides is 1. The maximum atomic E-state index is 12.7. The summed E-state index contributed by atoms with van der Waals surface area (Å²) in [7, 11) is 0. The lowest BCUT2D eigenvalue weighted by Gasteiger charge is -2.36. The number of nitriles is 1. The minimum atomic E-state index is -0.406. The Labute approximate surface area is 168 Å². The van der Waals surface area contributed by atoms with Crippen molar-refractivity contribution in [2.45, 2.75) is 50.7 Å². The quantitative estimate of drug-likeness (QED) is 0.708. The van der Waals surface area contributed by atoms with Gasteiger partial charge in [-0.3, -0.25) is 4.79 Å². The van der Waals surface area contributed by atoms with Gasteiger partial charge in [-0.2, -0.15) is 5.26 Å². The number of fused-ring (bicyclic) bond motifs is 3. The molecule has 1 aliphatic heterocycles. The highest BCUT2D eigenvalue weighted by atomic mass is 16.3. The van der Waals surface area contributed by atoms with Gasteiger partial charge in [0.15, 0.2) is 0 Å². The van der Waals surface area contributed by atoms with Gasteiger partial charge < -0.3 is 19.6 Å². The van der Waals surface area contributed by atoms with Crippen molar-refractivity contribution in [2.24, 2.45) is 5.92 Å². The minimum Gasteiger partial charge on any atom is -0.389 e. The van der Waals surface area contributed by atoms with Crippen molar-refractivity contribution >= 4 is 28.0 Å². The van der Waals surface area contributed by atoms with Crippen LogP contribution >= 0.6 is 0 Å². The van der Waals surface area contributed by atoms with Crippen LogP contribution in [0, 0.1) is 17.2 Å². The van der Waals surface area contributed by atoms with Gasteiger partial charge in [0.2, 0.25) is 5.91 Å². The summed E-state index contributed by atoms with van der Waals surface area (Å²) in [4.78, 5) is 26.8. The molecule has 5 rings (SSSR count). The predicted molar refractivity (Wildman–Crippen MR) is 107 cm³/mol. The molecule has 1 saturated heterocycles. The van der Waals surface area contributed by atoms with Crippen LogP contribution in [0.3, 0.4) is 0 Å². The van der Waals surface area contributed by atoms with Gasteiger partial charge in [-0.15, -0.1) is 0 Å². The second-order valence-corrected chi connectivity index (χ2v) is 8.30. The van der Waals surface area contributed by atoms with Crippen molar-refractivity contribution in [3.05, 3.63) is 24.3 Å². The number of H-pyrrole nitrogens is 1. The maximum Gasteiger partial charge on any atom is 0.230 e. The Hall–Kier alpha value is -2.92. The number of likely N-dealkylation sites (tertiary alicyclic amines) is 1. The van der Waals surface area contributed by atoms with E-state index in [1.54, 1.807) is 11.1 Å². The van der Waals surface area contributed by atoms with Crippen LogP contribution in [-0.4, -0.2) is 54.6 Å². The van der Waals surface area contributed by atoms with E-state index in [2.05, 4.69) is 20.6 Å². The first-order valence-electron chi connectivity index (χ1n) is 10.3. The molecule has 0 atom stereocenters. The first-order chi connectivity index (χ1) is 14.1. The van der Waals surface area contributed by atoms with E-state index in [4.69, 9.17) is 10.2 Å². The Kier molecular flexibility index (Phi) is 4.47. The second kappa shape index (κ2) is 7.16. The summed E-state index contributed by atoms with van der Waals surface area (Å²) < 4.78 is 2.25. The number of carbonyl (C=O) groups is 1. The average Bonchev–Trinajstić information content (AvgIpc) is 3.30. The number of nitrogens with zero attached hydrogens (tertiary/aromatic N) is 5. The Bertz CT molecular complexity index is 1100. The molecule has 0 aromatic carbocycles. The lowest BCUT2D eigenvalue weighted by Crippen LogP contribution is -2.54. The van der Waals surface area contributed by atoms with E-state index >= 15 is 0 Å². The van der Waals surface area contributed by atoms with E-state index in [0.717, 1.165) is 53.6 Å². The minimum absolute atomic E-state index is 0.00305. The number of nitrogens with one attached hydrogen (secondary N) is 1. The predicted octanol–water partition coefficient (Wildman–Crippen LogP) is 2.30. The zero-order valence-electron chi connectivity index (χ0n) is 16.2. The fourth-order valence-corrected chi connectivity index (χ4v) is 4.80. The molecule has 0 bridgehead atoms. The van der Waals surface area contributed by atoms with Crippen molar-refractivity contribution < 1.29 is 9.90 Å². The van der Waals surface area contributed by atoms with Crippen LogP contribution in [0.4, 0.5) is 0 Å². The molecular formula is C21H24N6O2. The number of pyridine rings is 1. The van der Waals surface area contributed by atoms with Gasteiger partial charge in [-0.1, -0.05) is 0 Å². The Morgan fingerprint density at radius 2 is 2.10 bits per heavy atom. The average molecular weight is 392 g/mol. The number of aromatic amines is 1. The Morgan fingerprint density at radius 3 is 2.83 bits per heavy atom. The van der Waals surface area contributed by atoms with Gasteiger partial charge in [0.25, 0.3) is 0 Å². The van der Waals surface area contributed by atoms with E-state index in [9.17, 15) is 9.90 Å². The van der Waals surface area contributed by atoms with Crippen LogP contribution in [-0.2, 0) is 11.2 Å². The molecule has 29 heavy (non-hydrogen) atoms. The van der Waals surface area contributed by atoms with Crippen molar-refractivity contribution in [2.75, 3.05) is 13.1 Å². The molecule has 8 heteroatoms. The van der Waals surface area contributed by atoms with Crippen molar-refractivity contribution in [3.63, 3.8) is 0 Å². The standard InChI is InChI=1S/C21H24N6O2/c22-7-5-13-1-3-14(4-2-13)27-18(9-19(29)26-11-15(28)12-26)25-17-10-24-21-16(20(17)27)6-8-23-21/h6,8,10,13-15,28H,1-5,9,11-12H2,(H,23,24). The molecule has 0 unspecified atom stereocenters. The van der Waals surface area contributed by atoms with Crippen LogP contribution in [0.1, 0.15) is 44.0 Å². The van der Waals surface area contributed by atoms with Crippen LogP contribution in [0.25, 0.3) is 22.1 Å². The SMILES string of the molecule is N#CCC1CCC(n2c(CC(=O)N3CC(O)C3)nc3cnc4[nH]ccc4c32)CC1. The van der Waals surface area contributed by atoms with Gasteiger partial charge in [-0.05, 0) is 37.7 Å². The molecule has 1 amide bonds. The zero-order valence-corrected chi connectivity index (χ0v) is 16.2. The van der Waals surface area contributed by atoms with Crippen molar-refractivity contribution in [3.8, 4) is 6.07 Å². The number of imidazole rings is 1. The molecule has 3 aromatic heterocycles. The summed E-state index contributed by atoms with van der Waals surface area (Å²) in [6.07, 6.45) is 8.09. The largest absolute Gasteiger partial charge is 0.389 e. The number of carbonyl (C=O) groups excluding carboxylic acids is 1. The molecule has 1 aliphatic carbocycles. The number of aromatic nitrogens is 4. The molecular weight excluding hydrogens is 368 g/mol. The highest BCUT2D eigenvalue weighted by Gasteiger charge is 2.32. The fourth-order valence-electron chi connectivity index (χ4n) is 4.80. The first kappa shape index (κ1) is 18.1. The van der Waals surface area contributed by atoms with Crippen LogP contribution < -0.4 is 0 Å². The molecule has 0 spiro atoms. The van der Waals surface area contributed by atoms with Gasteiger partial charge in [0.05, 0.1) is 30.3 Å². The van der Waals surface area contributed by atoms with E-state index in [1.165, 1.54) is 0 Å². The summed E-state index contributed by atoms with van der Waals surface area (Å²) in [6.45, 7) is 0.809. The van der Waals surface area contributed by atoms with Crippen LogP contribution in [0.15, 0.2) is 18.5 Å². The van der Waals surface area contributed by atoms with Gasteiger partial charge in [-0.25, -0.2) is 9.97 Å². The fraction of sp³-hybridized carbons (Fsp3) is 0.524. The van der Waals surface area contributed by atoms with Crippen LogP contribution in [0.2, 0.25) is 0 Å².